The first-order valence-electron chi connectivity index (χ1n) is 7.95. The number of thiocarbonyl (C=S) groups is 1. The first-order chi connectivity index (χ1) is 12.2. The molecule has 1 aromatic heterocycles. The highest BCUT2D eigenvalue weighted by atomic mass is 32.1. The molecule has 3 aromatic rings. The number of aromatic nitrogens is 1. The normalized spacial score (nSPS) is 10.1. The van der Waals surface area contributed by atoms with Crippen LogP contribution in [0.1, 0.15) is 11.3 Å². The molecular formula is C20H19N3OS. The molecule has 0 aliphatic carbocycles. The molecule has 0 saturated heterocycles. The van der Waals surface area contributed by atoms with Gasteiger partial charge >= 0.3 is 0 Å². The van der Waals surface area contributed by atoms with Gasteiger partial charge in [0, 0.05) is 17.8 Å². The summed E-state index contributed by atoms with van der Waals surface area (Å²) < 4.78 is 5.27. The van der Waals surface area contributed by atoms with Gasteiger partial charge in [-0.15, -0.1) is 0 Å². The molecule has 5 heteroatoms. The summed E-state index contributed by atoms with van der Waals surface area (Å²) in [6.45, 7) is 0. The van der Waals surface area contributed by atoms with Crippen molar-refractivity contribution in [1.82, 2.24) is 4.98 Å². The number of hydrogen-bond donors (Lipinski definition) is 2. The van der Waals surface area contributed by atoms with Crippen molar-refractivity contribution in [2.45, 2.75) is 6.42 Å². The maximum atomic E-state index is 5.35. The number of ether oxygens (including phenoxy) is 1. The van der Waals surface area contributed by atoms with Crippen LogP contribution in [0.2, 0.25) is 0 Å². The predicted octanol–water partition coefficient (Wildman–Crippen LogP) is 4.49. The lowest BCUT2D eigenvalue weighted by atomic mass is 10.1. The van der Waals surface area contributed by atoms with Crippen LogP contribution in [0.5, 0.6) is 5.75 Å². The number of anilines is 2. The molecule has 2 N–H and O–H groups in total. The van der Waals surface area contributed by atoms with Gasteiger partial charge in [-0.25, -0.2) is 4.98 Å². The van der Waals surface area contributed by atoms with Gasteiger partial charge in [0.1, 0.15) is 11.6 Å². The summed E-state index contributed by atoms with van der Waals surface area (Å²) >= 11 is 5.35. The van der Waals surface area contributed by atoms with E-state index in [1.807, 2.05) is 66.7 Å². The van der Waals surface area contributed by atoms with Crippen molar-refractivity contribution >= 4 is 28.8 Å². The molecule has 3 rings (SSSR count). The Balaban J connectivity index is 1.65. The first kappa shape index (κ1) is 16.9. The second kappa shape index (κ2) is 8.26. The lowest BCUT2D eigenvalue weighted by Gasteiger charge is -2.11. The van der Waals surface area contributed by atoms with Crippen molar-refractivity contribution in [2.75, 3.05) is 17.7 Å². The Labute approximate surface area is 152 Å². The molecule has 2 aromatic carbocycles. The molecule has 1 heterocycles. The number of pyridine rings is 1. The summed E-state index contributed by atoms with van der Waals surface area (Å²) in [7, 11) is 1.67. The minimum atomic E-state index is 0.511. The van der Waals surface area contributed by atoms with Crippen LogP contribution in [0, 0.1) is 0 Å². The minimum absolute atomic E-state index is 0.511. The van der Waals surface area contributed by atoms with Crippen LogP contribution in [-0.2, 0) is 6.42 Å². The summed E-state index contributed by atoms with van der Waals surface area (Å²) in [6.07, 6.45) is 0.728. The van der Waals surface area contributed by atoms with Crippen LogP contribution >= 0.6 is 12.2 Å². The quantitative estimate of drug-likeness (QED) is 0.665. The van der Waals surface area contributed by atoms with Crippen LogP contribution in [0.3, 0.4) is 0 Å². The molecule has 0 saturated carbocycles. The first-order valence-corrected chi connectivity index (χ1v) is 8.36. The molecular weight excluding hydrogens is 330 g/mol. The van der Waals surface area contributed by atoms with Gasteiger partial charge in [-0.3, -0.25) is 0 Å². The molecule has 0 spiro atoms. The summed E-state index contributed by atoms with van der Waals surface area (Å²) in [5.41, 5.74) is 3.04. The summed E-state index contributed by atoms with van der Waals surface area (Å²) in [5.74, 6) is 1.56. The van der Waals surface area contributed by atoms with E-state index in [2.05, 4.69) is 21.7 Å². The topological polar surface area (TPSA) is 46.2 Å². The van der Waals surface area contributed by atoms with Crippen LogP contribution in [-0.4, -0.2) is 17.2 Å². The zero-order chi connectivity index (χ0) is 17.5. The van der Waals surface area contributed by atoms with E-state index < -0.39 is 0 Å². The average Bonchev–Trinajstić information content (AvgIpc) is 2.63. The van der Waals surface area contributed by atoms with Gasteiger partial charge in [-0.05, 0) is 54.2 Å². The fraction of sp³-hybridized carbons (Fsp3) is 0.100. The summed E-state index contributed by atoms with van der Waals surface area (Å²) in [5, 5.41) is 6.77. The van der Waals surface area contributed by atoms with Gasteiger partial charge in [-0.1, -0.05) is 36.4 Å². The fourth-order valence-corrected chi connectivity index (χ4v) is 2.66. The molecule has 4 nitrogen and oxygen atoms in total. The van der Waals surface area contributed by atoms with E-state index in [1.165, 1.54) is 0 Å². The highest BCUT2D eigenvalue weighted by Crippen LogP contribution is 2.16. The molecule has 0 unspecified atom stereocenters. The number of hydrogen-bond acceptors (Lipinski definition) is 3. The monoisotopic (exact) mass is 349 g/mol. The number of para-hydroxylation sites is 1. The standard InChI is InChI=1S/C20H19N3OS/c1-24-18-11-5-7-15(14-18)13-17-10-6-12-19(21-17)23-20(25)22-16-8-3-2-4-9-16/h2-12,14H,13H2,1H3,(H2,21,22,23,25). The van der Waals surface area contributed by atoms with Crippen molar-refractivity contribution in [3.05, 3.63) is 84.1 Å². The van der Waals surface area contributed by atoms with Gasteiger partial charge in [0.15, 0.2) is 5.11 Å². The van der Waals surface area contributed by atoms with E-state index in [0.29, 0.717) is 10.9 Å². The van der Waals surface area contributed by atoms with Crippen molar-refractivity contribution in [2.24, 2.45) is 0 Å². The Morgan fingerprint density at radius 3 is 2.56 bits per heavy atom. The number of benzene rings is 2. The van der Waals surface area contributed by atoms with E-state index in [4.69, 9.17) is 17.0 Å². The van der Waals surface area contributed by atoms with Gasteiger partial charge in [0.05, 0.1) is 7.11 Å². The van der Waals surface area contributed by atoms with E-state index in [-0.39, 0.29) is 0 Å². The molecule has 0 bridgehead atoms. The maximum absolute atomic E-state index is 5.35. The van der Waals surface area contributed by atoms with E-state index >= 15 is 0 Å². The fourth-order valence-electron chi connectivity index (χ4n) is 2.44. The smallest absolute Gasteiger partial charge is 0.176 e. The number of nitrogens with one attached hydrogen (secondary N) is 2. The van der Waals surface area contributed by atoms with Crippen LogP contribution < -0.4 is 15.4 Å². The Hall–Kier alpha value is -2.92. The van der Waals surface area contributed by atoms with Gasteiger partial charge in [-0.2, -0.15) is 0 Å². The third-order valence-electron chi connectivity index (χ3n) is 3.60. The molecule has 0 atom stereocenters. The molecule has 126 valence electrons. The molecule has 0 aliphatic rings. The van der Waals surface area contributed by atoms with Crippen LogP contribution in [0.15, 0.2) is 72.8 Å². The van der Waals surface area contributed by atoms with Crippen LogP contribution in [0.4, 0.5) is 11.5 Å². The van der Waals surface area contributed by atoms with Crippen molar-refractivity contribution in [3.63, 3.8) is 0 Å². The Kier molecular flexibility index (Phi) is 5.59. The van der Waals surface area contributed by atoms with E-state index in [0.717, 1.165) is 29.1 Å². The zero-order valence-corrected chi connectivity index (χ0v) is 14.7. The summed E-state index contributed by atoms with van der Waals surface area (Å²) in [4.78, 5) is 4.63. The zero-order valence-electron chi connectivity index (χ0n) is 13.9. The third-order valence-corrected chi connectivity index (χ3v) is 3.80. The van der Waals surface area contributed by atoms with Gasteiger partial charge in [0.2, 0.25) is 0 Å². The van der Waals surface area contributed by atoms with E-state index in [1.54, 1.807) is 7.11 Å². The Bertz CT molecular complexity index is 852. The van der Waals surface area contributed by atoms with Crippen molar-refractivity contribution < 1.29 is 4.74 Å². The molecule has 0 fully saturated rings. The second-order valence-corrected chi connectivity index (χ2v) is 5.90. The Morgan fingerprint density at radius 2 is 1.76 bits per heavy atom. The number of methoxy groups -OCH3 is 1. The average molecular weight is 349 g/mol. The molecule has 25 heavy (non-hydrogen) atoms. The van der Waals surface area contributed by atoms with Gasteiger partial charge in [0.25, 0.3) is 0 Å². The SMILES string of the molecule is COc1cccc(Cc2cccc(NC(=S)Nc3ccccc3)n2)c1. The third kappa shape index (κ3) is 5.02. The number of nitrogens with zero attached hydrogens (tertiary/aromatic N) is 1. The maximum Gasteiger partial charge on any atom is 0.176 e. The van der Waals surface area contributed by atoms with E-state index in [9.17, 15) is 0 Å². The lowest BCUT2D eigenvalue weighted by molar-refractivity contribution is 0.414. The largest absolute Gasteiger partial charge is 0.497 e. The van der Waals surface area contributed by atoms with Crippen LogP contribution in [0.25, 0.3) is 0 Å². The molecule has 0 aliphatic heterocycles. The van der Waals surface area contributed by atoms with Crippen molar-refractivity contribution in [3.8, 4) is 5.75 Å². The minimum Gasteiger partial charge on any atom is -0.497 e. The molecule has 0 radical (unpaired) electrons. The van der Waals surface area contributed by atoms with Gasteiger partial charge < -0.3 is 15.4 Å². The number of rotatable bonds is 5. The lowest BCUT2D eigenvalue weighted by Crippen LogP contribution is -2.19. The van der Waals surface area contributed by atoms with Crippen molar-refractivity contribution in [1.29, 1.82) is 0 Å². The molecule has 0 amide bonds. The Morgan fingerprint density at radius 1 is 0.960 bits per heavy atom. The second-order valence-electron chi connectivity index (χ2n) is 5.49. The summed E-state index contributed by atoms with van der Waals surface area (Å²) in [6, 6.07) is 23.7. The highest BCUT2D eigenvalue weighted by molar-refractivity contribution is 7.80. The highest BCUT2D eigenvalue weighted by Gasteiger charge is 2.03. The predicted molar refractivity (Wildman–Crippen MR) is 106 cm³/mol.